The largest absolute Gasteiger partial charge is 0.477 e. The molecule has 1 unspecified atom stereocenters. The van der Waals surface area contributed by atoms with Crippen LogP contribution in [0.1, 0.15) is 45.4 Å². The Morgan fingerprint density at radius 3 is 2.55 bits per heavy atom. The van der Waals surface area contributed by atoms with Crippen molar-refractivity contribution < 1.29 is 17.9 Å². The van der Waals surface area contributed by atoms with Gasteiger partial charge in [0.05, 0.1) is 6.61 Å². The van der Waals surface area contributed by atoms with Crippen LogP contribution in [0, 0.1) is 5.92 Å². The maximum Gasteiger partial charge on any atom is 0.451 e. The lowest BCUT2D eigenvalue weighted by Gasteiger charge is -2.15. The van der Waals surface area contributed by atoms with Crippen LogP contribution in [0.2, 0.25) is 5.15 Å². The Hall–Kier alpha value is -1.04. The highest BCUT2D eigenvalue weighted by molar-refractivity contribution is 6.29. The van der Waals surface area contributed by atoms with Crippen molar-refractivity contribution in [1.82, 2.24) is 9.97 Å². The van der Waals surface area contributed by atoms with Gasteiger partial charge in [-0.05, 0) is 12.3 Å². The Kier molecular flexibility index (Phi) is 6.52. The summed E-state index contributed by atoms with van der Waals surface area (Å²) in [7, 11) is 0. The summed E-state index contributed by atoms with van der Waals surface area (Å²) in [6.07, 6.45) is -0.591. The van der Waals surface area contributed by atoms with Gasteiger partial charge in [-0.25, -0.2) is 4.98 Å². The summed E-state index contributed by atoms with van der Waals surface area (Å²) in [6.45, 7) is 4.45. The summed E-state index contributed by atoms with van der Waals surface area (Å²) < 4.78 is 43.0. The Balaban J connectivity index is 2.70. The second kappa shape index (κ2) is 7.67. The summed E-state index contributed by atoms with van der Waals surface area (Å²) in [5.41, 5.74) is 0. The molecule has 0 aliphatic carbocycles. The van der Waals surface area contributed by atoms with E-state index in [1.165, 1.54) is 6.07 Å². The SMILES string of the molecule is CCCCC(CC)COc1cc(Cl)nc(C(F)(F)F)n1. The molecule has 0 aliphatic heterocycles. The molecule has 1 aromatic rings. The number of unbranched alkanes of at least 4 members (excludes halogenated alkanes) is 1. The van der Waals surface area contributed by atoms with Gasteiger partial charge in [0.2, 0.25) is 11.7 Å². The molecule has 1 heterocycles. The minimum atomic E-state index is -4.63. The van der Waals surface area contributed by atoms with Gasteiger partial charge in [-0.15, -0.1) is 0 Å². The van der Waals surface area contributed by atoms with Crippen molar-refractivity contribution in [3.05, 3.63) is 17.0 Å². The smallest absolute Gasteiger partial charge is 0.451 e. The second-order valence-electron chi connectivity index (χ2n) is 4.58. The Bertz CT molecular complexity index is 427. The molecule has 0 spiro atoms. The predicted molar refractivity (Wildman–Crippen MR) is 70.8 cm³/mol. The Morgan fingerprint density at radius 2 is 2.00 bits per heavy atom. The zero-order chi connectivity index (χ0) is 15.2. The quantitative estimate of drug-likeness (QED) is 0.682. The van der Waals surface area contributed by atoms with Crippen LogP contribution in [-0.4, -0.2) is 16.6 Å². The average molecular weight is 311 g/mol. The number of hydrogen-bond donors (Lipinski definition) is 0. The first-order valence-corrected chi connectivity index (χ1v) is 6.99. The molecule has 0 radical (unpaired) electrons. The van der Waals surface area contributed by atoms with Crippen molar-refractivity contribution in [3.8, 4) is 5.88 Å². The molecule has 0 amide bonds. The number of nitrogens with zero attached hydrogens (tertiary/aromatic N) is 2. The van der Waals surface area contributed by atoms with Crippen LogP contribution >= 0.6 is 11.6 Å². The van der Waals surface area contributed by atoms with Crippen molar-refractivity contribution in [3.63, 3.8) is 0 Å². The molecule has 0 fully saturated rings. The summed E-state index contributed by atoms with van der Waals surface area (Å²) in [6, 6.07) is 1.20. The molecular weight excluding hydrogens is 293 g/mol. The molecule has 0 saturated carbocycles. The van der Waals surface area contributed by atoms with Gasteiger partial charge in [0.25, 0.3) is 0 Å². The van der Waals surface area contributed by atoms with E-state index < -0.39 is 12.0 Å². The first kappa shape index (κ1) is 17.0. The molecular formula is C13H18ClF3N2O. The topological polar surface area (TPSA) is 35.0 Å². The Morgan fingerprint density at radius 1 is 1.30 bits per heavy atom. The van der Waals surface area contributed by atoms with Crippen molar-refractivity contribution in [1.29, 1.82) is 0 Å². The first-order valence-electron chi connectivity index (χ1n) is 6.61. The fraction of sp³-hybridized carbons (Fsp3) is 0.692. The molecule has 0 N–H and O–H groups in total. The number of hydrogen-bond acceptors (Lipinski definition) is 3. The van der Waals surface area contributed by atoms with Crippen LogP contribution < -0.4 is 4.74 Å². The molecule has 20 heavy (non-hydrogen) atoms. The standard InChI is InChI=1S/C13H18ClF3N2O/c1-3-5-6-9(4-2)8-20-11-7-10(14)18-12(19-11)13(15,16)17/h7,9H,3-6,8H2,1-2H3. The molecule has 0 aliphatic rings. The predicted octanol–water partition coefficient (Wildman–Crippen LogP) is 4.74. The number of rotatable bonds is 7. The summed E-state index contributed by atoms with van der Waals surface area (Å²) in [5.74, 6) is -1.10. The van der Waals surface area contributed by atoms with E-state index in [-0.39, 0.29) is 11.0 Å². The highest BCUT2D eigenvalue weighted by Gasteiger charge is 2.35. The number of alkyl halides is 3. The Labute approximate surface area is 121 Å². The number of ether oxygens (including phenoxy) is 1. The van der Waals surface area contributed by atoms with Crippen LogP contribution in [0.15, 0.2) is 6.07 Å². The first-order chi connectivity index (χ1) is 9.36. The molecule has 0 saturated heterocycles. The summed E-state index contributed by atoms with van der Waals surface area (Å²) in [5, 5.41) is -0.274. The maximum atomic E-state index is 12.5. The lowest BCUT2D eigenvalue weighted by Crippen LogP contribution is -2.15. The zero-order valence-corrected chi connectivity index (χ0v) is 12.3. The summed E-state index contributed by atoms with van der Waals surface area (Å²) >= 11 is 5.56. The second-order valence-corrected chi connectivity index (χ2v) is 4.97. The number of halogens is 4. The monoisotopic (exact) mass is 310 g/mol. The minimum Gasteiger partial charge on any atom is -0.477 e. The molecule has 1 aromatic heterocycles. The van der Waals surface area contributed by atoms with Crippen molar-refractivity contribution in [2.75, 3.05) is 6.61 Å². The third-order valence-corrected chi connectivity index (χ3v) is 3.13. The van der Waals surface area contributed by atoms with Crippen LogP contribution in [-0.2, 0) is 6.18 Å². The molecule has 1 atom stereocenters. The lowest BCUT2D eigenvalue weighted by molar-refractivity contribution is -0.145. The van der Waals surface area contributed by atoms with Gasteiger partial charge in [0.1, 0.15) is 5.15 Å². The maximum absolute atomic E-state index is 12.5. The van der Waals surface area contributed by atoms with E-state index in [9.17, 15) is 13.2 Å². The molecule has 7 heteroatoms. The van der Waals surface area contributed by atoms with Crippen molar-refractivity contribution >= 4 is 11.6 Å². The van der Waals surface area contributed by atoms with Crippen molar-refractivity contribution in [2.24, 2.45) is 5.92 Å². The molecule has 3 nitrogen and oxygen atoms in total. The van der Waals surface area contributed by atoms with E-state index in [1.54, 1.807) is 0 Å². The van der Waals surface area contributed by atoms with Crippen LogP contribution in [0.5, 0.6) is 5.88 Å². The van der Waals surface area contributed by atoms with E-state index >= 15 is 0 Å². The van der Waals surface area contributed by atoms with Crippen LogP contribution in [0.3, 0.4) is 0 Å². The molecule has 1 rings (SSSR count). The lowest BCUT2D eigenvalue weighted by atomic mass is 10.0. The minimum absolute atomic E-state index is 0.132. The number of aromatic nitrogens is 2. The van der Waals surface area contributed by atoms with E-state index in [0.29, 0.717) is 12.5 Å². The van der Waals surface area contributed by atoms with Gasteiger partial charge in [-0.1, -0.05) is 44.7 Å². The average Bonchev–Trinajstić information content (AvgIpc) is 2.37. The molecule has 114 valence electrons. The normalized spacial score (nSPS) is 13.3. The van der Waals surface area contributed by atoms with E-state index in [4.69, 9.17) is 16.3 Å². The fourth-order valence-electron chi connectivity index (χ4n) is 1.70. The zero-order valence-electron chi connectivity index (χ0n) is 11.5. The molecule has 0 aromatic carbocycles. The highest BCUT2D eigenvalue weighted by atomic mass is 35.5. The summed E-state index contributed by atoms with van der Waals surface area (Å²) in [4.78, 5) is 6.50. The molecule has 0 bridgehead atoms. The van der Waals surface area contributed by atoms with Gasteiger partial charge in [0.15, 0.2) is 0 Å². The van der Waals surface area contributed by atoms with E-state index in [0.717, 1.165) is 25.7 Å². The van der Waals surface area contributed by atoms with Gasteiger partial charge in [-0.3, -0.25) is 0 Å². The van der Waals surface area contributed by atoms with Gasteiger partial charge in [0, 0.05) is 6.07 Å². The van der Waals surface area contributed by atoms with E-state index in [1.807, 2.05) is 6.92 Å². The highest BCUT2D eigenvalue weighted by Crippen LogP contribution is 2.29. The fourth-order valence-corrected chi connectivity index (χ4v) is 1.87. The van der Waals surface area contributed by atoms with E-state index in [2.05, 4.69) is 16.9 Å². The third-order valence-electron chi connectivity index (χ3n) is 2.94. The van der Waals surface area contributed by atoms with Gasteiger partial charge in [-0.2, -0.15) is 18.2 Å². The van der Waals surface area contributed by atoms with Crippen LogP contribution in [0.4, 0.5) is 13.2 Å². The van der Waals surface area contributed by atoms with Crippen LogP contribution in [0.25, 0.3) is 0 Å². The van der Waals surface area contributed by atoms with Gasteiger partial charge >= 0.3 is 6.18 Å². The van der Waals surface area contributed by atoms with Crippen molar-refractivity contribution in [2.45, 2.75) is 45.7 Å². The van der Waals surface area contributed by atoms with Gasteiger partial charge < -0.3 is 4.74 Å². The third kappa shape index (κ3) is 5.53.